The van der Waals surface area contributed by atoms with Gasteiger partial charge in [0, 0.05) is 16.9 Å². The molecule has 0 radical (unpaired) electrons. The van der Waals surface area contributed by atoms with E-state index in [-0.39, 0.29) is 5.91 Å². The Balaban J connectivity index is 1.43. The molecule has 1 aliphatic rings. The molecule has 204 valence electrons. The van der Waals surface area contributed by atoms with E-state index in [9.17, 15) is 4.79 Å². The van der Waals surface area contributed by atoms with Crippen molar-refractivity contribution in [1.29, 1.82) is 0 Å². The smallest absolute Gasteiger partial charge is 0.255 e. The van der Waals surface area contributed by atoms with Crippen molar-refractivity contribution in [2.24, 2.45) is 0 Å². The molecule has 8 heteroatoms. The van der Waals surface area contributed by atoms with Crippen LogP contribution in [0.2, 0.25) is 0 Å². The molecular formula is C33H29N5O3. The van der Waals surface area contributed by atoms with E-state index in [1.54, 1.807) is 11.8 Å². The number of aromatic nitrogens is 3. The minimum Gasteiger partial charge on any atom is -0.493 e. The Bertz CT molecular complexity index is 1700. The number of para-hydroxylation sites is 1. The molecule has 1 amide bonds. The summed E-state index contributed by atoms with van der Waals surface area (Å²) in [6, 6.07) is 34.2. The molecule has 0 fully saturated rings. The highest BCUT2D eigenvalue weighted by Crippen LogP contribution is 2.40. The second kappa shape index (κ2) is 11.4. The van der Waals surface area contributed by atoms with Crippen LogP contribution in [0.5, 0.6) is 11.5 Å². The van der Waals surface area contributed by atoms with Crippen molar-refractivity contribution in [2.75, 3.05) is 17.7 Å². The molecule has 0 saturated heterocycles. The lowest BCUT2D eigenvalue weighted by Gasteiger charge is -2.29. The van der Waals surface area contributed by atoms with E-state index in [1.165, 1.54) is 0 Å². The predicted octanol–water partition coefficient (Wildman–Crippen LogP) is 6.46. The lowest BCUT2D eigenvalue weighted by Crippen LogP contribution is -2.31. The second-order valence-electron chi connectivity index (χ2n) is 9.64. The van der Waals surface area contributed by atoms with Crippen LogP contribution >= 0.6 is 0 Å². The first kappa shape index (κ1) is 25.9. The van der Waals surface area contributed by atoms with Crippen molar-refractivity contribution < 1.29 is 14.3 Å². The average molecular weight is 544 g/mol. The molecule has 0 aliphatic carbocycles. The van der Waals surface area contributed by atoms with Gasteiger partial charge in [-0.1, -0.05) is 84.9 Å². The molecular weight excluding hydrogens is 514 g/mol. The SMILES string of the molecule is COc1ccc(C2C(C(=O)Nc3ccccc3)=C(C)Nc3nc(-c4ccccc4)nn32)cc1OCc1ccccc1. The third kappa shape index (κ3) is 5.40. The van der Waals surface area contributed by atoms with Crippen LogP contribution in [-0.2, 0) is 11.4 Å². The maximum absolute atomic E-state index is 13.8. The molecule has 1 unspecified atom stereocenters. The Hall–Kier alpha value is -5.37. The Kier molecular flexibility index (Phi) is 7.19. The predicted molar refractivity (Wildman–Crippen MR) is 159 cm³/mol. The van der Waals surface area contributed by atoms with Crippen molar-refractivity contribution in [3.8, 4) is 22.9 Å². The molecule has 1 aliphatic heterocycles. The first-order chi connectivity index (χ1) is 20.1. The minimum absolute atomic E-state index is 0.240. The number of nitrogens with one attached hydrogen (secondary N) is 2. The van der Waals surface area contributed by atoms with Crippen LogP contribution in [0, 0.1) is 0 Å². The molecule has 4 aromatic carbocycles. The molecule has 2 heterocycles. The fourth-order valence-corrected chi connectivity index (χ4v) is 4.89. The van der Waals surface area contributed by atoms with Gasteiger partial charge in [0.15, 0.2) is 17.3 Å². The van der Waals surface area contributed by atoms with E-state index in [0.29, 0.717) is 46.8 Å². The molecule has 0 saturated carbocycles. The first-order valence-electron chi connectivity index (χ1n) is 13.3. The van der Waals surface area contributed by atoms with Gasteiger partial charge in [0.2, 0.25) is 5.95 Å². The number of rotatable bonds is 8. The summed E-state index contributed by atoms with van der Waals surface area (Å²) in [5, 5.41) is 11.2. The Morgan fingerprint density at radius 3 is 2.29 bits per heavy atom. The van der Waals surface area contributed by atoms with E-state index in [2.05, 4.69) is 10.6 Å². The summed E-state index contributed by atoms with van der Waals surface area (Å²) in [5.41, 5.74) is 4.62. The molecule has 5 aromatic rings. The molecule has 41 heavy (non-hydrogen) atoms. The standard InChI is InChI=1S/C33H29N5O3/c1-22-29(32(39)35-26-16-10-5-11-17-26)30(38-33(34-22)36-31(37-38)24-14-8-4-9-15-24)25-18-19-27(40-2)28(20-25)41-21-23-12-6-3-7-13-23/h3-20,30H,21H2,1-2H3,(H,35,39)(H,34,36,37). The van der Waals surface area contributed by atoms with Crippen LogP contribution < -0.4 is 20.1 Å². The third-order valence-corrected chi connectivity index (χ3v) is 6.90. The van der Waals surface area contributed by atoms with Gasteiger partial charge in [0.1, 0.15) is 12.6 Å². The number of allylic oxidation sites excluding steroid dienone is 1. The molecule has 0 spiro atoms. The fraction of sp³-hybridized carbons (Fsp3) is 0.121. The quantitative estimate of drug-likeness (QED) is 0.233. The van der Waals surface area contributed by atoms with Crippen LogP contribution in [-0.4, -0.2) is 27.8 Å². The highest BCUT2D eigenvalue weighted by molar-refractivity contribution is 6.06. The summed E-state index contributed by atoms with van der Waals surface area (Å²) < 4.78 is 13.6. The van der Waals surface area contributed by atoms with Gasteiger partial charge in [0.25, 0.3) is 5.91 Å². The number of carbonyl (C=O) groups is 1. The Morgan fingerprint density at radius 2 is 1.59 bits per heavy atom. The first-order valence-corrected chi connectivity index (χ1v) is 13.3. The number of nitrogens with zero attached hydrogens (tertiary/aromatic N) is 3. The molecule has 2 N–H and O–H groups in total. The summed E-state index contributed by atoms with van der Waals surface area (Å²) in [5.74, 6) is 2.03. The lowest BCUT2D eigenvalue weighted by molar-refractivity contribution is -0.113. The Morgan fingerprint density at radius 1 is 0.902 bits per heavy atom. The molecule has 1 aromatic heterocycles. The van der Waals surface area contributed by atoms with E-state index in [1.807, 2.05) is 116 Å². The number of fused-ring (bicyclic) bond motifs is 1. The maximum Gasteiger partial charge on any atom is 0.255 e. The number of carbonyl (C=O) groups excluding carboxylic acids is 1. The van der Waals surface area contributed by atoms with Crippen molar-refractivity contribution in [3.63, 3.8) is 0 Å². The zero-order chi connectivity index (χ0) is 28.2. The van der Waals surface area contributed by atoms with Crippen molar-refractivity contribution in [3.05, 3.63) is 132 Å². The van der Waals surface area contributed by atoms with Crippen LogP contribution in [0.1, 0.15) is 24.1 Å². The van der Waals surface area contributed by atoms with E-state index in [0.717, 1.165) is 16.7 Å². The van der Waals surface area contributed by atoms with Gasteiger partial charge >= 0.3 is 0 Å². The number of amides is 1. The number of ether oxygens (including phenoxy) is 2. The van der Waals surface area contributed by atoms with Crippen LogP contribution in [0.25, 0.3) is 11.4 Å². The lowest BCUT2D eigenvalue weighted by atomic mass is 9.94. The molecule has 1 atom stereocenters. The van der Waals surface area contributed by atoms with Gasteiger partial charge in [-0.3, -0.25) is 4.79 Å². The average Bonchev–Trinajstić information content (AvgIpc) is 3.44. The van der Waals surface area contributed by atoms with Gasteiger partial charge in [0.05, 0.1) is 12.7 Å². The van der Waals surface area contributed by atoms with E-state index >= 15 is 0 Å². The summed E-state index contributed by atoms with van der Waals surface area (Å²) >= 11 is 0. The largest absolute Gasteiger partial charge is 0.493 e. The summed E-state index contributed by atoms with van der Waals surface area (Å²) in [6.07, 6.45) is 0. The van der Waals surface area contributed by atoms with Crippen LogP contribution in [0.4, 0.5) is 11.6 Å². The third-order valence-electron chi connectivity index (χ3n) is 6.90. The van der Waals surface area contributed by atoms with Crippen molar-refractivity contribution in [1.82, 2.24) is 14.8 Å². The topological polar surface area (TPSA) is 90.3 Å². The van der Waals surface area contributed by atoms with Gasteiger partial charge in [-0.2, -0.15) is 4.98 Å². The van der Waals surface area contributed by atoms with Crippen molar-refractivity contribution in [2.45, 2.75) is 19.6 Å². The molecule has 6 rings (SSSR count). The number of hydrogen-bond acceptors (Lipinski definition) is 6. The normalized spacial score (nSPS) is 14.1. The van der Waals surface area contributed by atoms with Gasteiger partial charge in [-0.05, 0) is 42.3 Å². The van der Waals surface area contributed by atoms with Crippen molar-refractivity contribution >= 4 is 17.5 Å². The second-order valence-corrected chi connectivity index (χ2v) is 9.64. The zero-order valence-electron chi connectivity index (χ0n) is 22.7. The van der Waals surface area contributed by atoms with Crippen LogP contribution in [0.3, 0.4) is 0 Å². The highest BCUT2D eigenvalue weighted by Gasteiger charge is 2.35. The maximum atomic E-state index is 13.8. The highest BCUT2D eigenvalue weighted by atomic mass is 16.5. The molecule has 8 nitrogen and oxygen atoms in total. The number of methoxy groups -OCH3 is 1. The summed E-state index contributed by atoms with van der Waals surface area (Å²) in [7, 11) is 1.61. The van der Waals surface area contributed by atoms with Crippen LogP contribution in [0.15, 0.2) is 120 Å². The fourth-order valence-electron chi connectivity index (χ4n) is 4.89. The number of hydrogen-bond donors (Lipinski definition) is 2. The monoisotopic (exact) mass is 543 g/mol. The van der Waals surface area contributed by atoms with Gasteiger partial charge < -0.3 is 20.1 Å². The zero-order valence-corrected chi connectivity index (χ0v) is 22.7. The molecule has 0 bridgehead atoms. The minimum atomic E-state index is -0.579. The summed E-state index contributed by atoms with van der Waals surface area (Å²) in [6.45, 7) is 2.25. The van der Waals surface area contributed by atoms with E-state index in [4.69, 9.17) is 19.6 Å². The number of benzene rings is 4. The van der Waals surface area contributed by atoms with E-state index < -0.39 is 6.04 Å². The van der Waals surface area contributed by atoms with Gasteiger partial charge in [-0.25, -0.2) is 4.68 Å². The number of anilines is 2. The Labute approximate surface area is 238 Å². The summed E-state index contributed by atoms with van der Waals surface area (Å²) in [4.78, 5) is 18.6. The van der Waals surface area contributed by atoms with Gasteiger partial charge in [-0.15, -0.1) is 5.10 Å².